The van der Waals surface area contributed by atoms with E-state index in [1.54, 1.807) is 12.1 Å². The van der Waals surface area contributed by atoms with Crippen LogP contribution in [0.5, 0.6) is 17.2 Å². The monoisotopic (exact) mass is 584 g/mol. The number of unbranched alkanes of at least 4 members (excludes halogenated alkanes) is 1. The van der Waals surface area contributed by atoms with Gasteiger partial charge in [-0.15, -0.1) is 0 Å². The maximum Gasteiger partial charge on any atom is 0.301 e. The van der Waals surface area contributed by atoms with Crippen LogP contribution in [-0.4, -0.2) is 41.1 Å². The van der Waals surface area contributed by atoms with E-state index in [9.17, 15) is 14.7 Å². The molecule has 0 bridgehead atoms. The van der Waals surface area contributed by atoms with Gasteiger partial charge in [0.05, 0.1) is 35.0 Å². The minimum absolute atomic E-state index is 0.00637. The molecule has 42 heavy (non-hydrogen) atoms. The molecule has 0 unspecified atom stereocenters. The first kappa shape index (κ1) is 27.8. The van der Waals surface area contributed by atoms with Gasteiger partial charge in [0.15, 0.2) is 5.13 Å². The van der Waals surface area contributed by atoms with Gasteiger partial charge in [-0.05, 0) is 79.9 Å². The van der Waals surface area contributed by atoms with Gasteiger partial charge >= 0.3 is 5.91 Å². The van der Waals surface area contributed by atoms with Crippen molar-refractivity contribution in [2.45, 2.75) is 52.2 Å². The largest absolute Gasteiger partial charge is 0.507 e. The number of carbonyl (C=O) groups excluding carboxylic acids is 2. The zero-order valence-electron chi connectivity index (χ0n) is 23.8. The van der Waals surface area contributed by atoms with Crippen molar-refractivity contribution in [3.63, 3.8) is 0 Å². The van der Waals surface area contributed by atoms with Crippen LogP contribution in [0, 0.1) is 0 Å². The Bertz CT molecular complexity index is 1710. The van der Waals surface area contributed by atoms with Crippen LogP contribution >= 0.6 is 11.3 Å². The number of carbonyl (C=O) groups is 2. The first-order valence-electron chi connectivity index (χ1n) is 14.2. The number of ketones is 1. The second-order valence-electron chi connectivity index (χ2n) is 10.5. The van der Waals surface area contributed by atoms with E-state index in [2.05, 4.69) is 6.92 Å². The number of hydrogen-bond donors (Lipinski definition) is 1. The Morgan fingerprint density at radius 1 is 1.07 bits per heavy atom. The van der Waals surface area contributed by atoms with Crippen molar-refractivity contribution in [1.82, 2.24) is 4.98 Å². The molecule has 6 rings (SSSR count). The third-order valence-corrected chi connectivity index (χ3v) is 8.44. The Hall–Kier alpha value is -4.37. The SMILES string of the molecule is CCCCOc1cccc([C@@H]2C(=C(O)c3ccc4c(c3)C[C@H](C)O4)C(=O)C(=O)N2c2nc3ccc(OCC)cc3s2)c1. The summed E-state index contributed by atoms with van der Waals surface area (Å²) in [5.74, 6) is 0.330. The van der Waals surface area contributed by atoms with Gasteiger partial charge in [0.25, 0.3) is 5.78 Å². The summed E-state index contributed by atoms with van der Waals surface area (Å²) >= 11 is 1.30. The van der Waals surface area contributed by atoms with E-state index in [0.29, 0.717) is 52.9 Å². The number of aliphatic hydroxyl groups is 1. The van der Waals surface area contributed by atoms with Gasteiger partial charge in [0.1, 0.15) is 29.1 Å². The zero-order valence-corrected chi connectivity index (χ0v) is 24.6. The Morgan fingerprint density at radius 2 is 1.90 bits per heavy atom. The molecular weight excluding hydrogens is 552 g/mol. The molecule has 0 spiro atoms. The maximum absolute atomic E-state index is 13.7. The zero-order chi connectivity index (χ0) is 29.4. The van der Waals surface area contributed by atoms with Crippen molar-refractivity contribution in [1.29, 1.82) is 0 Å². The summed E-state index contributed by atoms with van der Waals surface area (Å²) < 4.78 is 18.2. The molecule has 3 aromatic carbocycles. The van der Waals surface area contributed by atoms with Crippen LogP contribution < -0.4 is 19.1 Å². The molecule has 1 N–H and O–H groups in total. The fourth-order valence-corrected chi connectivity index (χ4v) is 6.45. The predicted octanol–water partition coefficient (Wildman–Crippen LogP) is 6.82. The van der Waals surface area contributed by atoms with Gasteiger partial charge < -0.3 is 19.3 Å². The highest BCUT2D eigenvalue weighted by molar-refractivity contribution is 7.22. The van der Waals surface area contributed by atoms with Crippen LogP contribution in [-0.2, 0) is 16.0 Å². The lowest BCUT2D eigenvalue weighted by Crippen LogP contribution is -2.29. The molecule has 4 aromatic rings. The number of Topliss-reactive ketones (excluding diaryl/α,β-unsaturated/α-hetero) is 1. The van der Waals surface area contributed by atoms with Crippen molar-refractivity contribution in [3.8, 4) is 17.2 Å². The normalized spacial score (nSPS) is 19.3. The molecule has 1 fully saturated rings. The topological polar surface area (TPSA) is 98.2 Å². The summed E-state index contributed by atoms with van der Waals surface area (Å²) in [4.78, 5) is 33.6. The number of anilines is 1. The Balaban J connectivity index is 1.48. The minimum Gasteiger partial charge on any atom is -0.507 e. The lowest BCUT2D eigenvalue weighted by Gasteiger charge is -2.23. The van der Waals surface area contributed by atoms with Crippen LogP contribution in [0.2, 0.25) is 0 Å². The van der Waals surface area contributed by atoms with E-state index >= 15 is 0 Å². The van der Waals surface area contributed by atoms with E-state index in [1.165, 1.54) is 16.2 Å². The summed E-state index contributed by atoms with van der Waals surface area (Å²) in [6, 6.07) is 17.3. The number of nitrogens with zero attached hydrogens (tertiary/aromatic N) is 2. The highest BCUT2D eigenvalue weighted by Gasteiger charge is 2.48. The average molecular weight is 585 g/mol. The molecule has 3 heterocycles. The molecule has 0 radical (unpaired) electrons. The molecule has 1 aromatic heterocycles. The quantitative estimate of drug-likeness (QED) is 0.0997. The lowest BCUT2D eigenvalue weighted by molar-refractivity contribution is -0.132. The van der Waals surface area contributed by atoms with Crippen LogP contribution in [0.1, 0.15) is 56.3 Å². The van der Waals surface area contributed by atoms with Crippen molar-refractivity contribution in [2.24, 2.45) is 0 Å². The van der Waals surface area contributed by atoms with E-state index in [4.69, 9.17) is 19.2 Å². The number of amides is 1. The second-order valence-corrected chi connectivity index (χ2v) is 11.5. The standard InChI is InChI=1S/C33H32N2O6S/c1-4-6-14-40-23-9-7-8-20(17-23)29-28(30(36)21-10-13-26-22(16-21)15-19(3)41-26)31(37)32(38)35(29)33-34-25-12-11-24(39-5-2)18-27(25)42-33/h7-13,16-19,29,36H,4-6,14-15H2,1-3H3/t19-,29+/m0/s1. The van der Waals surface area contributed by atoms with Gasteiger partial charge in [-0.25, -0.2) is 4.98 Å². The van der Waals surface area contributed by atoms with Crippen LogP contribution in [0.25, 0.3) is 16.0 Å². The summed E-state index contributed by atoms with van der Waals surface area (Å²) in [6.45, 7) is 7.06. The van der Waals surface area contributed by atoms with Gasteiger partial charge in [0, 0.05) is 12.0 Å². The number of hydrogen-bond acceptors (Lipinski definition) is 8. The summed E-state index contributed by atoms with van der Waals surface area (Å²) in [5.41, 5.74) is 2.72. The second kappa shape index (κ2) is 11.5. The van der Waals surface area contributed by atoms with Crippen molar-refractivity contribution in [2.75, 3.05) is 18.1 Å². The molecule has 2 aliphatic heterocycles. The van der Waals surface area contributed by atoms with Gasteiger partial charge in [-0.3, -0.25) is 14.5 Å². The summed E-state index contributed by atoms with van der Waals surface area (Å²) in [5, 5.41) is 12.0. The van der Waals surface area contributed by atoms with E-state index in [1.807, 2.05) is 62.4 Å². The highest BCUT2D eigenvalue weighted by atomic mass is 32.1. The van der Waals surface area contributed by atoms with Crippen LogP contribution in [0.3, 0.4) is 0 Å². The fourth-order valence-electron chi connectivity index (χ4n) is 5.43. The third kappa shape index (κ3) is 5.09. The van der Waals surface area contributed by atoms with E-state index in [-0.39, 0.29) is 17.4 Å². The Kier molecular flexibility index (Phi) is 7.60. The Labute approximate surface area is 248 Å². The third-order valence-electron chi connectivity index (χ3n) is 7.42. The predicted molar refractivity (Wildman–Crippen MR) is 163 cm³/mol. The number of ether oxygens (including phenoxy) is 3. The first-order chi connectivity index (χ1) is 20.4. The molecule has 1 saturated heterocycles. The van der Waals surface area contributed by atoms with Crippen LogP contribution in [0.4, 0.5) is 5.13 Å². The van der Waals surface area contributed by atoms with Crippen molar-refractivity contribution in [3.05, 3.63) is 82.9 Å². The average Bonchev–Trinajstić information content (AvgIpc) is 3.65. The fraction of sp³-hybridized carbons (Fsp3) is 0.303. The maximum atomic E-state index is 13.7. The number of benzene rings is 3. The first-order valence-corrected chi connectivity index (χ1v) is 15.1. The van der Waals surface area contributed by atoms with Crippen LogP contribution in [0.15, 0.2) is 66.2 Å². The van der Waals surface area contributed by atoms with Gasteiger partial charge in [0.2, 0.25) is 0 Å². The number of thiazole rings is 1. The number of aromatic nitrogens is 1. The number of rotatable bonds is 9. The molecule has 1 amide bonds. The summed E-state index contributed by atoms with van der Waals surface area (Å²) in [7, 11) is 0. The van der Waals surface area contributed by atoms with Crippen molar-refractivity contribution >= 4 is 44.1 Å². The smallest absolute Gasteiger partial charge is 0.301 e. The molecule has 0 saturated carbocycles. The molecule has 2 atom stereocenters. The van der Waals surface area contributed by atoms with Crippen molar-refractivity contribution < 1.29 is 28.9 Å². The summed E-state index contributed by atoms with van der Waals surface area (Å²) in [6.07, 6.45) is 2.62. The number of aliphatic hydroxyl groups excluding tert-OH is 1. The molecule has 2 aliphatic rings. The molecular formula is C33H32N2O6S. The molecule has 9 heteroatoms. The highest BCUT2D eigenvalue weighted by Crippen LogP contribution is 2.45. The van der Waals surface area contributed by atoms with Gasteiger partial charge in [-0.1, -0.05) is 36.8 Å². The minimum atomic E-state index is -0.907. The molecule has 8 nitrogen and oxygen atoms in total. The van der Waals surface area contributed by atoms with E-state index in [0.717, 1.165) is 28.9 Å². The molecule has 216 valence electrons. The van der Waals surface area contributed by atoms with E-state index < -0.39 is 17.7 Å². The van der Waals surface area contributed by atoms with Gasteiger partial charge in [-0.2, -0.15) is 0 Å². The Morgan fingerprint density at radius 3 is 2.71 bits per heavy atom. The lowest BCUT2D eigenvalue weighted by atomic mass is 9.94. The molecule has 0 aliphatic carbocycles. The number of fused-ring (bicyclic) bond motifs is 2.